The molecule has 0 aliphatic heterocycles. The van der Waals surface area contributed by atoms with Gasteiger partial charge in [0.2, 0.25) is 0 Å². The fraction of sp³-hybridized carbons (Fsp3) is 0. The zero-order valence-corrected chi connectivity index (χ0v) is 13.6. The van der Waals surface area contributed by atoms with Gasteiger partial charge in [-0.25, -0.2) is 0 Å². The third kappa shape index (κ3) is 2.72. The first kappa shape index (κ1) is 14.3. The van der Waals surface area contributed by atoms with Crippen LogP contribution in [0, 0.1) is 0 Å². The molecule has 0 aliphatic carbocycles. The van der Waals surface area contributed by atoms with Crippen LogP contribution in [-0.4, -0.2) is 9.97 Å². The van der Waals surface area contributed by atoms with Crippen molar-refractivity contribution < 1.29 is 0 Å². The van der Waals surface area contributed by atoms with Gasteiger partial charge in [-0.15, -0.1) is 0 Å². The highest BCUT2D eigenvalue weighted by Gasteiger charge is 2.08. The van der Waals surface area contributed by atoms with Crippen molar-refractivity contribution in [3.05, 3.63) is 77.2 Å². The summed E-state index contributed by atoms with van der Waals surface area (Å²) in [4.78, 5) is 7.65. The maximum atomic E-state index is 6.09. The number of rotatable bonds is 2. The molecule has 0 atom stereocenters. The Hall–Kier alpha value is -2.29. The van der Waals surface area contributed by atoms with Gasteiger partial charge in [0.15, 0.2) is 0 Å². The maximum Gasteiger partial charge on any atom is 0.0475 e. The number of fused-ring (bicyclic) bond motifs is 1. The highest BCUT2D eigenvalue weighted by molar-refractivity contribution is 6.31. The second kappa shape index (κ2) is 5.73. The molecule has 4 rings (SSSR count). The molecule has 0 bridgehead atoms. The third-order valence-electron chi connectivity index (χ3n) is 3.85. The molecule has 2 nitrogen and oxygen atoms in total. The topological polar surface area (TPSA) is 28.7 Å². The van der Waals surface area contributed by atoms with Gasteiger partial charge in [0.1, 0.15) is 0 Å². The number of benzene rings is 2. The largest absolute Gasteiger partial charge is 0.360 e. The summed E-state index contributed by atoms with van der Waals surface area (Å²) < 4.78 is 0. The van der Waals surface area contributed by atoms with Crippen LogP contribution < -0.4 is 0 Å². The number of halogens is 2. The molecule has 0 saturated heterocycles. The number of hydrogen-bond donors (Lipinski definition) is 1. The number of nitrogens with one attached hydrogen (secondary N) is 1. The van der Waals surface area contributed by atoms with E-state index in [0.717, 1.165) is 43.2 Å². The van der Waals surface area contributed by atoms with E-state index in [4.69, 9.17) is 23.2 Å². The molecule has 112 valence electrons. The Morgan fingerprint density at radius 3 is 2.48 bits per heavy atom. The van der Waals surface area contributed by atoms with Crippen LogP contribution in [-0.2, 0) is 0 Å². The van der Waals surface area contributed by atoms with E-state index in [0.29, 0.717) is 0 Å². The summed E-state index contributed by atoms with van der Waals surface area (Å²) in [7, 11) is 0. The smallest absolute Gasteiger partial charge is 0.0475 e. The van der Waals surface area contributed by atoms with Gasteiger partial charge in [-0.3, -0.25) is 4.98 Å². The Labute approximate surface area is 143 Å². The molecule has 23 heavy (non-hydrogen) atoms. The van der Waals surface area contributed by atoms with Crippen LogP contribution in [0.15, 0.2) is 67.1 Å². The Balaban J connectivity index is 1.84. The molecular weight excluding hydrogens is 327 g/mol. The van der Waals surface area contributed by atoms with Gasteiger partial charge < -0.3 is 4.98 Å². The maximum absolute atomic E-state index is 6.09. The average molecular weight is 339 g/mol. The predicted molar refractivity (Wildman–Crippen MR) is 97.0 cm³/mol. The van der Waals surface area contributed by atoms with Crippen molar-refractivity contribution in [2.24, 2.45) is 0 Å². The van der Waals surface area contributed by atoms with Gasteiger partial charge in [0.25, 0.3) is 0 Å². The Morgan fingerprint density at radius 1 is 0.783 bits per heavy atom. The lowest BCUT2D eigenvalue weighted by molar-refractivity contribution is 1.33. The Kier molecular flexibility index (Phi) is 3.56. The van der Waals surface area contributed by atoms with E-state index in [1.54, 1.807) is 0 Å². The summed E-state index contributed by atoms with van der Waals surface area (Å²) in [5.41, 5.74) is 5.26. The molecule has 0 radical (unpaired) electrons. The standard InChI is InChI=1S/C19H12Cl2N2/c20-15-3-1-2-12(7-15)13-6-14(10-22-9-13)18-11-23-19-8-16(21)4-5-17(18)19/h1-11,23H. The number of aromatic amines is 1. The zero-order chi connectivity index (χ0) is 15.8. The zero-order valence-electron chi connectivity index (χ0n) is 12.1. The van der Waals surface area contributed by atoms with Crippen LogP contribution in [0.2, 0.25) is 10.0 Å². The van der Waals surface area contributed by atoms with Crippen molar-refractivity contribution in [1.82, 2.24) is 9.97 Å². The second-order valence-corrected chi connectivity index (χ2v) is 6.24. The molecule has 2 aromatic heterocycles. The van der Waals surface area contributed by atoms with Gasteiger partial charge in [0, 0.05) is 56.2 Å². The van der Waals surface area contributed by atoms with Crippen LogP contribution >= 0.6 is 23.2 Å². The van der Waals surface area contributed by atoms with Crippen molar-refractivity contribution in [2.75, 3.05) is 0 Å². The first-order valence-electron chi connectivity index (χ1n) is 7.19. The molecule has 0 aliphatic rings. The molecule has 0 amide bonds. The second-order valence-electron chi connectivity index (χ2n) is 5.36. The van der Waals surface area contributed by atoms with Crippen LogP contribution in [0.3, 0.4) is 0 Å². The third-order valence-corrected chi connectivity index (χ3v) is 4.32. The number of aromatic nitrogens is 2. The highest BCUT2D eigenvalue weighted by Crippen LogP contribution is 2.32. The van der Waals surface area contributed by atoms with Gasteiger partial charge in [-0.2, -0.15) is 0 Å². The molecule has 0 spiro atoms. The molecule has 2 aromatic carbocycles. The summed E-state index contributed by atoms with van der Waals surface area (Å²) in [6.07, 6.45) is 5.70. The molecular formula is C19H12Cl2N2. The summed E-state index contributed by atoms with van der Waals surface area (Å²) in [6, 6.07) is 15.7. The van der Waals surface area contributed by atoms with E-state index < -0.39 is 0 Å². The summed E-state index contributed by atoms with van der Waals surface area (Å²) in [5.74, 6) is 0. The molecule has 2 heterocycles. The molecule has 1 N–H and O–H groups in total. The van der Waals surface area contributed by atoms with E-state index >= 15 is 0 Å². The Morgan fingerprint density at radius 2 is 1.61 bits per heavy atom. The predicted octanol–water partition coefficient (Wildman–Crippen LogP) is 6.20. The SMILES string of the molecule is Clc1cccc(-c2cncc(-c3c[nH]c4cc(Cl)ccc34)c2)c1. The first-order chi connectivity index (χ1) is 11.2. The molecule has 0 unspecified atom stereocenters. The fourth-order valence-electron chi connectivity index (χ4n) is 2.75. The van der Waals surface area contributed by atoms with E-state index in [1.165, 1.54) is 0 Å². The average Bonchev–Trinajstić information content (AvgIpc) is 2.98. The molecule has 0 fully saturated rings. The van der Waals surface area contributed by atoms with Gasteiger partial charge in [-0.05, 0) is 35.9 Å². The van der Waals surface area contributed by atoms with Gasteiger partial charge >= 0.3 is 0 Å². The summed E-state index contributed by atoms with van der Waals surface area (Å²) >= 11 is 12.1. The summed E-state index contributed by atoms with van der Waals surface area (Å²) in [5, 5.41) is 2.56. The quantitative estimate of drug-likeness (QED) is 0.462. The van der Waals surface area contributed by atoms with Crippen molar-refractivity contribution in [3.8, 4) is 22.3 Å². The van der Waals surface area contributed by atoms with Gasteiger partial charge in [-0.1, -0.05) is 41.4 Å². The minimum Gasteiger partial charge on any atom is -0.360 e. The lowest BCUT2D eigenvalue weighted by Gasteiger charge is -2.05. The number of nitrogens with zero attached hydrogens (tertiary/aromatic N) is 1. The van der Waals surface area contributed by atoms with Crippen molar-refractivity contribution >= 4 is 34.1 Å². The summed E-state index contributed by atoms with van der Waals surface area (Å²) in [6.45, 7) is 0. The van der Waals surface area contributed by atoms with Crippen LogP contribution in [0.1, 0.15) is 0 Å². The molecule has 0 saturated carbocycles. The highest BCUT2D eigenvalue weighted by atomic mass is 35.5. The van der Waals surface area contributed by atoms with E-state index in [-0.39, 0.29) is 0 Å². The monoisotopic (exact) mass is 338 g/mol. The van der Waals surface area contributed by atoms with Crippen molar-refractivity contribution in [1.29, 1.82) is 0 Å². The lowest BCUT2D eigenvalue weighted by atomic mass is 10.0. The van der Waals surface area contributed by atoms with E-state index in [2.05, 4.69) is 16.0 Å². The van der Waals surface area contributed by atoms with E-state index in [1.807, 2.05) is 61.1 Å². The number of pyridine rings is 1. The normalized spacial score (nSPS) is 11.0. The lowest BCUT2D eigenvalue weighted by Crippen LogP contribution is -1.83. The van der Waals surface area contributed by atoms with E-state index in [9.17, 15) is 0 Å². The first-order valence-corrected chi connectivity index (χ1v) is 7.94. The number of hydrogen-bond acceptors (Lipinski definition) is 1. The van der Waals surface area contributed by atoms with Crippen LogP contribution in [0.5, 0.6) is 0 Å². The minimum absolute atomic E-state index is 0.717. The minimum atomic E-state index is 0.717. The van der Waals surface area contributed by atoms with Gasteiger partial charge in [0.05, 0.1) is 0 Å². The number of H-pyrrole nitrogens is 1. The Bertz CT molecular complexity index is 1010. The fourth-order valence-corrected chi connectivity index (χ4v) is 3.11. The van der Waals surface area contributed by atoms with Crippen LogP contribution in [0.25, 0.3) is 33.2 Å². The van der Waals surface area contributed by atoms with Crippen molar-refractivity contribution in [3.63, 3.8) is 0 Å². The molecule has 4 aromatic rings. The molecule has 4 heteroatoms. The van der Waals surface area contributed by atoms with Crippen LogP contribution in [0.4, 0.5) is 0 Å². The van der Waals surface area contributed by atoms with Crippen molar-refractivity contribution in [2.45, 2.75) is 0 Å².